The van der Waals surface area contributed by atoms with Crippen LogP contribution in [0.4, 0.5) is 4.39 Å². The van der Waals surface area contributed by atoms with Crippen LogP contribution in [0.15, 0.2) is 109 Å². The lowest BCUT2D eigenvalue weighted by Gasteiger charge is -2.45. The Kier molecular flexibility index (Phi) is 10.6. The zero-order valence-corrected chi connectivity index (χ0v) is 24.1. The van der Waals surface area contributed by atoms with Crippen LogP contribution in [0.3, 0.4) is 0 Å². The molecule has 5 rings (SSSR count). The molecule has 4 nitrogen and oxygen atoms in total. The molecule has 4 aromatic carbocycles. The number of benzene rings is 4. The van der Waals surface area contributed by atoms with Gasteiger partial charge >= 0.3 is 0 Å². The molecule has 0 bridgehead atoms. The Morgan fingerprint density at radius 1 is 0.683 bits per heavy atom. The van der Waals surface area contributed by atoms with Gasteiger partial charge in [-0.15, -0.1) is 0 Å². The van der Waals surface area contributed by atoms with E-state index in [2.05, 4.69) is 48.2 Å². The Labute approximate surface area is 247 Å². The highest BCUT2D eigenvalue weighted by molar-refractivity contribution is 6.30. The highest BCUT2D eigenvalue weighted by Crippen LogP contribution is 2.27. The number of ether oxygens (including phenoxy) is 3. The average molecular weight is 574 g/mol. The van der Waals surface area contributed by atoms with E-state index in [-0.39, 0.29) is 35.2 Å². The molecular weight excluding hydrogens is 537 g/mol. The average Bonchev–Trinajstić information content (AvgIpc) is 3.01. The number of hydrogen-bond donors (Lipinski definition) is 0. The molecule has 1 fully saturated rings. The first-order valence-corrected chi connectivity index (χ1v) is 14.6. The summed E-state index contributed by atoms with van der Waals surface area (Å²) in [4.78, 5) is 2.33. The van der Waals surface area contributed by atoms with E-state index in [0.717, 1.165) is 16.7 Å². The van der Waals surface area contributed by atoms with E-state index in [1.807, 2.05) is 54.6 Å². The quantitative estimate of drug-likeness (QED) is 0.176. The lowest BCUT2D eigenvalue weighted by atomic mass is 9.97. The topological polar surface area (TPSA) is 30.9 Å². The van der Waals surface area contributed by atoms with Crippen molar-refractivity contribution in [3.8, 4) is 0 Å². The molecule has 1 aliphatic rings. The van der Waals surface area contributed by atoms with Gasteiger partial charge in [0.2, 0.25) is 0 Å². The minimum atomic E-state index is -0.351. The van der Waals surface area contributed by atoms with Crippen LogP contribution in [0.25, 0.3) is 0 Å². The van der Waals surface area contributed by atoms with Crippen molar-refractivity contribution in [3.05, 3.63) is 142 Å². The van der Waals surface area contributed by atoms with Gasteiger partial charge in [0.15, 0.2) is 0 Å². The fraction of sp³-hybridized carbons (Fsp3) is 0.314. The lowest BCUT2D eigenvalue weighted by molar-refractivity contribution is -0.188. The second-order valence-corrected chi connectivity index (χ2v) is 11.1. The van der Waals surface area contributed by atoms with Crippen molar-refractivity contribution in [2.24, 2.45) is 0 Å². The third-order valence-electron chi connectivity index (χ3n) is 7.63. The van der Waals surface area contributed by atoms with Crippen LogP contribution in [0.2, 0.25) is 5.02 Å². The summed E-state index contributed by atoms with van der Waals surface area (Å²) in [6.45, 7) is 4.79. The molecule has 0 radical (unpaired) electrons. The van der Waals surface area contributed by atoms with Gasteiger partial charge in [0.25, 0.3) is 0 Å². The molecule has 0 amide bonds. The van der Waals surface area contributed by atoms with Crippen molar-refractivity contribution in [2.45, 2.75) is 57.5 Å². The third-order valence-corrected chi connectivity index (χ3v) is 7.92. The maximum absolute atomic E-state index is 14.8. The van der Waals surface area contributed by atoms with Crippen molar-refractivity contribution in [1.82, 2.24) is 4.90 Å². The van der Waals surface area contributed by atoms with E-state index in [0.29, 0.717) is 44.9 Å². The predicted octanol–water partition coefficient (Wildman–Crippen LogP) is 7.48. The summed E-state index contributed by atoms with van der Waals surface area (Å²) in [7, 11) is 0. The van der Waals surface area contributed by atoms with Crippen molar-refractivity contribution in [2.75, 3.05) is 13.1 Å². The Bertz CT molecular complexity index is 1290. The van der Waals surface area contributed by atoms with Crippen molar-refractivity contribution < 1.29 is 18.6 Å². The normalized spacial score (nSPS) is 20.1. The summed E-state index contributed by atoms with van der Waals surface area (Å²) in [6.07, 6.45) is -0.257. The van der Waals surface area contributed by atoms with E-state index in [4.69, 9.17) is 25.8 Å². The SMILES string of the molecule is CC(Cc1cccc(Cl)c1F)N1CC(OCc2ccccc2)C(OCc2ccccc2)C(OCc2ccccc2)C1. The zero-order valence-electron chi connectivity index (χ0n) is 23.4. The molecule has 41 heavy (non-hydrogen) atoms. The maximum atomic E-state index is 14.8. The summed E-state index contributed by atoms with van der Waals surface area (Å²) >= 11 is 6.09. The minimum absolute atomic E-state index is 0.0312. The molecule has 1 heterocycles. The van der Waals surface area contributed by atoms with Crippen molar-refractivity contribution >= 4 is 11.6 Å². The molecule has 3 unspecified atom stereocenters. The molecule has 1 saturated heterocycles. The molecule has 0 spiro atoms. The fourth-order valence-corrected chi connectivity index (χ4v) is 5.52. The van der Waals surface area contributed by atoms with Gasteiger partial charge < -0.3 is 14.2 Å². The number of nitrogens with zero attached hydrogens (tertiary/aromatic N) is 1. The summed E-state index contributed by atoms with van der Waals surface area (Å²) < 4.78 is 34.6. The van der Waals surface area contributed by atoms with Gasteiger partial charge in [-0.1, -0.05) is 115 Å². The highest BCUT2D eigenvalue weighted by Gasteiger charge is 2.41. The van der Waals surface area contributed by atoms with Crippen LogP contribution in [-0.2, 0) is 40.5 Å². The molecule has 0 aliphatic carbocycles. The predicted molar refractivity (Wildman–Crippen MR) is 161 cm³/mol. The van der Waals surface area contributed by atoms with Crippen LogP contribution >= 0.6 is 11.6 Å². The van der Waals surface area contributed by atoms with Crippen molar-refractivity contribution in [3.63, 3.8) is 0 Å². The number of rotatable bonds is 12. The largest absolute Gasteiger partial charge is 0.369 e. The van der Waals surface area contributed by atoms with Gasteiger partial charge in [-0.3, -0.25) is 4.90 Å². The van der Waals surface area contributed by atoms with Crippen LogP contribution in [0.1, 0.15) is 29.2 Å². The first-order valence-electron chi connectivity index (χ1n) is 14.2. The standard InChI is InChI=1S/C35H37ClFNO3/c1-26(20-30-18-11-19-31(36)34(30)37)38-21-32(39-23-27-12-5-2-6-13-27)35(41-25-29-16-9-4-10-17-29)33(22-38)40-24-28-14-7-3-8-15-28/h2-19,26,32-33,35H,20-25H2,1H3. The molecule has 0 N–H and O–H groups in total. The van der Waals surface area contributed by atoms with Crippen LogP contribution in [-0.4, -0.2) is 42.3 Å². The zero-order chi connectivity index (χ0) is 28.4. The molecule has 6 heteroatoms. The lowest BCUT2D eigenvalue weighted by Crippen LogP contribution is -2.60. The van der Waals surface area contributed by atoms with Crippen molar-refractivity contribution in [1.29, 1.82) is 0 Å². The van der Waals surface area contributed by atoms with Crippen LogP contribution in [0, 0.1) is 5.82 Å². The summed E-state index contributed by atoms with van der Waals surface area (Å²) in [6, 6.07) is 35.7. The summed E-state index contributed by atoms with van der Waals surface area (Å²) in [5.74, 6) is -0.351. The Morgan fingerprint density at radius 3 is 1.63 bits per heavy atom. The second-order valence-electron chi connectivity index (χ2n) is 10.7. The molecule has 1 aliphatic heterocycles. The Hall–Kier alpha value is -3.06. The van der Waals surface area contributed by atoms with E-state index in [1.165, 1.54) is 0 Å². The number of hydrogen-bond acceptors (Lipinski definition) is 4. The first-order chi connectivity index (χ1) is 20.1. The number of piperidine rings is 1. The minimum Gasteiger partial charge on any atom is -0.369 e. The van der Waals surface area contributed by atoms with Crippen LogP contribution in [0.5, 0.6) is 0 Å². The summed E-state index contributed by atoms with van der Waals surface area (Å²) in [5, 5.41) is 0.149. The maximum Gasteiger partial charge on any atom is 0.145 e. The first kappa shape index (κ1) is 29.4. The molecule has 4 aromatic rings. The Balaban J connectivity index is 1.38. The van der Waals surface area contributed by atoms with Crippen LogP contribution < -0.4 is 0 Å². The molecule has 214 valence electrons. The second kappa shape index (κ2) is 14.7. The molecular formula is C35H37ClFNO3. The van der Waals surface area contributed by atoms with Gasteiger partial charge in [-0.2, -0.15) is 0 Å². The molecule has 0 aromatic heterocycles. The fourth-order valence-electron chi connectivity index (χ4n) is 5.33. The third kappa shape index (κ3) is 8.25. The smallest absolute Gasteiger partial charge is 0.145 e. The molecule has 3 atom stereocenters. The highest BCUT2D eigenvalue weighted by atomic mass is 35.5. The van der Waals surface area contributed by atoms with E-state index < -0.39 is 0 Å². The number of halogens is 2. The summed E-state index contributed by atoms with van der Waals surface area (Å²) in [5.41, 5.74) is 3.91. The van der Waals surface area contributed by atoms with E-state index in [9.17, 15) is 4.39 Å². The van der Waals surface area contributed by atoms with E-state index in [1.54, 1.807) is 18.2 Å². The van der Waals surface area contributed by atoms with Gasteiger partial charge in [0, 0.05) is 19.1 Å². The van der Waals surface area contributed by atoms with Gasteiger partial charge in [-0.25, -0.2) is 4.39 Å². The van der Waals surface area contributed by atoms with Gasteiger partial charge in [0.1, 0.15) is 11.9 Å². The van der Waals surface area contributed by atoms with Gasteiger partial charge in [0.05, 0.1) is 37.1 Å². The monoisotopic (exact) mass is 573 g/mol. The molecule has 0 saturated carbocycles. The Morgan fingerprint density at radius 2 is 1.15 bits per heavy atom. The van der Waals surface area contributed by atoms with E-state index >= 15 is 0 Å². The van der Waals surface area contributed by atoms with Gasteiger partial charge in [-0.05, 0) is 41.7 Å². The number of likely N-dealkylation sites (tertiary alicyclic amines) is 1.